The Morgan fingerprint density at radius 1 is 0.522 bits per heavy atom. The van der Waals surface area contributed by atoms with E-state index >= 15 is 0 Å². The molecule has 110 valence electrons. The summed E-state index contributed by atoms with van der Waals surface area (Å²) in [6.07, 6.45) is 0. The number of benzene rings is 4. The molecule has 4 aromatic rings. The highest BCUT2D eigenvalue weighted by Gasteiger charge is 2.09. The molecule has 0 unspecified atom stereocenters. The first kappa shape index (κ1) is 13.6. The van der Waals surface area contributed by atoms with Crippen LogP contribution in [0.4, 0.5) is 11.4 Å². The normalized spacial score (nSPS) is 10.6. The zero-order valence-electron chi connectivity index (χ0n) is 12.7. The number of hydrogen-bond donors (Lipinski definition) is 1. The lowest BCUT2D eigenvalue weighted by atomic mass is 9.98. The summed E-state index contributed by atoms with van der Waals surface area (Å²) >= 11 is 0. The minimum absolute atomic E-state index is 1.10. The highest BCUT2D eigenvalue weighted by Crippen LogP contribution is 2.36. The standard InChI is InChI=1S/C22H17N/c1-3-9-17(10-4-1)21-16-15-18-11-7-8-14-20(18)22(21)23-19-12-5-2-6-13-19/h1-16,23H. The lowest BCUT2D eigenvalue weighted by Gasteiger charge is -2.15. The van der Waals surface area contributed by atoms with Gasteiger partial charge in [-0.3, -0.25) is 0 Å². The molecule has 0 spiro atoms. The molecule has 0 amide bonds. The van der Waals surface area contributed by atoms with E-state index in [4.69, 9.17) is 0 Å². The van der Waals surface area contributed by atoms with Gasteiger partial charge >= 0.3 is 0 Å². The number of para-hydroxylation sites is 1. The van der Waals surface area contributed by atoms with Crippen LogP contribution in [0.1, 0.15) is 0 Å². The van der Waals surface area contributed by atoms with Gasteiger partial charge in [-0.1, -0.05) is 84.9 Å². The predicted molar refractivity (Wildman–Crippen MR) is 99.1 cm³/mol. The minimum atomic E-state index is 1.10. The molecule has 0 aliphatic rings. The van der Waals surface area contributed by atoms with Gasteiger partial charge in [0, 0.05) is 16.6 Å². The smallest absolute Gasteiger partial charge is 0.0543 e. The summed E-state index contributed by atoms with van der Waals surface area (Å²) in [5.41, 5.74) is 4.69. The van der Waals surface area contributed by atoms with Gasteiger partial charge in [0.1, 0.15) is 0 Å². The predicted octanol–water partition coefficient (Wildman–Crippen LogP) is 6.25. The maximum atomic E-state index is 3.61. The van der Waals surface area contributed by atoms with Gasteiger partial charge in [-0.05, 0) is 23.1 Å². The first-order valence-corrected chi connectivity index (χ1v) is 7.81. The van der Waals surface area contributed by atoms with Crippen LogP contribution in [0.2, 0.25) is 0 Å². The van der Waals surface area contributed by atoms with Gasteiger partial charge in [-0.2, -0.15) is 0 Å². The van der Waals surface area contributed by atoms with Crippen molar-refractivity contribution in [2.75, 3.05) is 5.32 Å². The molecule has 23 heavy (non-hydrogen) atoms. The van der Waals surface area contributed by atoms with Crippen molar-refractivity contribution in [1.82, 2.24) is 0 Å². The van der Waals surface area contributed by atoms with Crippen molar-refractivity contribution in [2.24, 2.45) is 0 Å². The van der Waals surface area contributed by atoms with E-state index in [2.05, 4.69) is 96.3 Å². The molecule has 0 atom stereocenters. The second-order valence-electron chi connectivity index (χ2n) is 5.57. The van der Waals surface area contributed by atoms with Crippen molar-refractivity contribution < 1.29 is 0 Å². The zero-order valence-corrected chi connectivity index (χ0v) is 12.7. The molecule has 0 saturated carbocycles. The fraction of sp³-hybridized carbons (Fsp3) is 0. The number of fused-ring (bicyclic) bond motifs is 1. The molecule has 0 bridgehead atoms. The molecular formula is C22H17N. The summed E-state index contributed by atoms with van der Waals surface area (Å²) in [7, 11) is 0. The molecule has 0 radical (unpaired) electrons. The second-order valence-corrected chi connectivity index (χ2v) is 5.57. The summed E-state index contributed by atoms with van der Waals surface area (Å²) in [6, 6.07) is 33.7. The highest BCUT2D eigenvalue weighted by molar-refractivity contribution is 6.03. The summed E-state index contributed by atoms with van der Waals surface area (Å²) in [5, 5.41) is 6.09. The van der Waals surface area contributed by atoms with E-state index in [0.29, 0.717) is 0 Å². The third-order valence-electron chi connectivity index (χ3n) is 4.06. The van der Waals surface area contributed by atoms with Crippen molar-refractivity contribution >= 4 is 22.1 Å². The number of hydrogen-bond acceptors (Lipinski definition) is 1. The largest absolute Gasteiger partial charge is 0.355 e. The molecule has 0 aliphatic heterocycles. The summed E-state index contributed by atoms with van der Waals surface area (Å²) in [4.78, 5) is 0. The molecule has 4 aromatic carbocycles. The third kappa shape index (κ3) is 2.69. The third-order valence-corrected chi connectivity index (χ3v) is 4.06. The quantitative estimate of drug-likeness (QED) is 0.471. The lowest BCUT2D eigenvalue weighted by Crippen LogP contribution is -1.94. The first-order valence-electron chi connectivity index (χ1n) is 7.81. The van der Waals surface area contributed by atoms with Crippen LogP contribution in [0.3, 0.4) is 0 Å². The molecule has 0 saturated heterocycles. The fourth-order valence-electron chi connectivity index (χ4n) is 2.93. The molecule has 1 N–H and O–H groups in total. The molecule has 1 heteroatoms. The Morgan fingerprint density at radius 2 is 1.17 bits per heavy atom. The Balaban J connectivity index is 1.94. The summed E-state index contributed by atoms with van der Waals surface area (Å²) < 4.78 is 0. The van der Waals surface area contributed by atoms with Crippen LogP contribution in [-0.2, 0) is 0 Å². The van der Waals surface area contributed by atoms with Crippen molar-refractivity contribution in [2.45, 2.75) is 0 Å². The monoisotopic (exact) mass is 295 g/mol. The number of nitrogens with one attached hydrogen (secondary N) is 1. The second kappa shape index (κ2) is 5.98. The maximum absolute atomic E-state index is 3.61. The van der Waals surface area contributed by atoms with Crippen LogP contribution in [0.5, 0.6) is 0 Å². The molecule has 0 aromatic heterocycles. The molecular weight excluding hydrogens is 278 g/mol. The van der Waals surface area contributed by atoms with E-state index in [9.17, 15) is 0 Å². The van der Waals surface area contributed by atoms with Crippen molar-refractivity contribution in [1.29, 1.82) is 0 Å². The van der Waals surface area contributed by atoms with Crippen molar-refractivity contribution in [3.63, 3.8) is 0 Å². The van der Waals surface area contributed by atoms with Gasteiger partial charge in [-0.15, -0.1) is 0 Å². The molecule has 0 aliphatic carbocycles. The highest BCUT2D eigenvalue weighted by atomic mass is 14.9. The van der Waals surface area contributed by atoms with Crippen LogP contribution in [0, 0.1) is 0 Å². The van der Waals surface area contributed by atoms with E-state index in [1.807, 2.05) is 6.07 Å². The SMILES string of the molecule is c1ccc(Nc2c(-c3ccccc3)ccc3ccccc23)cc1. The van der Waals surface area contributed by atoms with Gasteiger partial charge in [-0.25, -0.2) is 0 Å². The first-order chi connectivity index (χ1) is 11.4. The Morgan fingerprint density at radius 3 is 1.96 bits per heavy atom. The molecule has 0 fully saturated rings. The van der Waals surface area contributed by atoms with E-state index in [1.165, 1.54) is 21.9 Å². The summed E-state index contributed by atoms with van der Waals surface area (Å²) in [5.74, 6) is 0. The van der Waals surface area contributed by atoms with E-state index in [0.717, 1.165) is 11.4 Å². The Hall–Kier alpha value is -3.06. The number of anilines is 2. The van der Waals surface area contributed by atoms with E-state index in [-0.39, 0.29) is 0 Å². The van der Waals surface area contributed by atoms with Gasteiger partial charge in [0.05, 0.1) is 5.69 Å². The van der Waals surface area contributed by atoms with Gasteiger partial charge < -0.3 is 5.32 Å². The molecule has 4 rings (SSSR count). The van der Waals surface area contributed by atoms with E-state index < -0.39 is 0 Å². The van der Waals surface area contributed by atoms with Crippen LogP contribution in [-0.4, -0.2) is 0 Å². The Labute approximate surface area is 136 Å². The van der Waals surface area contributed by atoms with Crippen LogP contribution >= 0.6 is 0 Å². The minimum Gasteiger partial charge on any atom is -0.355 e. The van der Waals surface area contributed by atoms with Crippen LogP contribution < -0.4 is 5.32 Å². The molecule has 0 heterocycles. The van der Waals surface area contributed by atoms with Gasteiger partial charge in [0.2, 0.25) is 0 Å². The average Bonchev–Trinajstić information content (AvgIpc) is 2.64. The summed E-state index contributed by atoms with van der Waals surface area (Å²) in [6.45, 7) is 0. The fourth-order valence-corrected chi connectivity index (χ4v) is 2.93. The topological polar surface area (TPSA) is 12.0 Å². The molecule has 1 nitrogen and oxygen atoms in total. The Kier molecular flexibility index (Phi) is 3.53. The van der Waals surface area contributed by atoms with Crippen molar-refractivity contribution in [3.8, 4) is 11.1 Å². The Bertz CT molecular complexity index is 928. The van der Waals surface area contributed by atoms with Crippen molar-refractivity contribution in [3.05, 3.63) is 97.1 Å². The van der Waals surface area contributed by atoms with E-state index in [1.54, 1.807) is 0 Å². The maximum Gasteiger partial charge on any atom is 0.0543 e. The van der Waals surface area contributed by atoms with Gasteiger partial charge in [0.25, 0.3) is 0 Å². The zero-order chi connectivity index (χ0) is 15.5. The average molecular weight is 295 g/mol. The van der Waals surface area contributed by atoms with Crippen LogP contribution in [0.25, 0.3) is 21.9 Å². The lowest BCUT2D eigenvalue weighted by molar-refractivity contribution is 1.56. The van der Waals surface area contributed by atoms with Gasteiger partial charge in [0.15, 0.2) is 0 Å². The van der Waals surface area contributed by atoms with Crippen LogP contribution in [0.15, 0.2) is 97.1 Å². The number of rotatable bonds is 3.